The molecule has 0 rings (SSSR count). The van der Waals surface area contributed by atoms with Gasteiger partial charge in [-0.25, -0.2) is 0 Å². The fourth-order valence-corrected chi connectivity index (χ4v) is 3.41. The van der Waals surface area contributed by atoms with Crippen LogP contribution in [0.1, 0.15) is 117 Å². The summed E-state index contributed by atoms with van der Waals surface area (Å²) in [5.74, 6) is -1.87. The van der Waals surface area contributed by atoms with E-state index in [0.717, 1.165) is 70.6 Å². The number of hydrogen-bond donors (Lipinski definition) is 2. The molecule has 1 unspecified atom stereocenters. The van der Waals surface area contributed by atoms with Gasteiger partial charge < -0.3 is 10.2 Å². The molecule has 0 aromatic rings. The molecule has 0 aliphatic carbocycles. The number of allylic oxidation sites excluding steroid dienone is 1. The number of rotatable bonds is 20. The summed E-state index contributed by atoms with van der Waals surface area (Å²) in [7, 11) is 0. The van der Waals surface area contributed by atoms with E-state index in [1.54, 1.807) is 0 Å². The highest BCUT2D eigenvalue weighted by Gasteiger charge is 2.24. The van der Waals surface area contributed by atoms with Crippen LogP contribution < -0.4 is 0 Å². The van der Waals surface area contributed by atoms with Gasteiger partial charge in [0.05, 0.1) is 6.10 Å². The third kappa shape index (κ3) is 15.9. The minimum absolute atomic E-state index is 0.0999. The second-order valence-electron chi connectivity index (χ2n) is 8.02. The predicted molar refractivity (Wildman–Crippen MR) is 116 cm³/mol. The van der Waals surface area contributed by atoms with Crippen LogP contribution in [-0.2, 0) is 9.59 Å². The number of aliphatic carboxylic acids is 1. The van der Waals surface area contributed by atoms with Crippen molar-refractivity contribution < 1.29 is 19.8 Å². The van der Waals surface area contributed by atoms with E-state index in [1.807, 2.05) is 0 Å². The van der Waals surface area contributed by atoms with Gasteiger partial charge in [-0.2, -0.15) is 0 Å². The summed E-state index contributed by atoms with van der Waals surface area (Å²) < 4.78 is 0. The predicted octanol–water partition coefficient (Wildman–Crippen LogP) is 6.45. The van der Waals surface area contributed by atoms with E-state index >= 15 is 0 Å². The van der Waals surface area contributed by atoms with E-state index in [9.17, 15) is 19.8 Å². The Labute approximate surface area is 172 Å². The number of carboxylic acid groups (broad SMARTS) is 1. The van der Waals surface area contributed by atoms with E-state index in [4.69, 9.17) is 0 Å². The van der Waals surface area contributed by atoms with Gasteiger partial charge in [-0.3, -0.25) is 9.59 Å². The zero-order valence-electron chi connectivity index (χ0n) is 18.3. The molecule has 0 bridgehead atoms. The highest BCUT2D eigenvalue weighted by Crippen LogP contribution is 2.16. The maximum Gasteiger partial charge on any atom is 0.314 e. The molecular weight excluding hydrogens is 352 g/mol. The van der Waals surface area contributed by atoms with Crippen LogP contribution in [0, 0.1) is 5.92 Å². The minimum atomic E-state index is -0.960. The van der Waals surface area contributed by atoms with E-state index < -0.39 is 11.9 Å². The maximum atomic E-state index is 12.0. The molecular formula is C24H44O4. The minimum Gasteiger partial charge on any atom is -0.481 e. The molecule has 28 heavy (non-hydrogen) atoms. The van der Waals surface area contributed by atoms with Crippen LogP contribution in [0.5, 0.6) is 0 Å². The summed E-state index contributed by atoms with van der Waals surface area (Å²) in [4.78, 5) is 23.4. The number of Topliss-reactive ketones (excluding diaryl/α,β-unsaturated/α-hetero) is 1. The quantitative estimate of drug-likeness (QED) is 0.141. The summed E-state index contributed by atoms with van der Waals surface area (Å²) in [5, 5.41) is 19.2. The van der Waals surface area contributed by atoms with Crippen molar-refractivity contribution in [3.8, 4) is 0 Å². The number of carbonyl (C=O) groups excluding carboxylic acids is 1. The monoisotopic (exact) mass is 396 g/mol. The van der Waals surface area contributed by atoms with Gasteiger partial charge in [0.15, 0.2) is 0 Å². The lowest BCUT2D eigenvalue weighted by molar-refractivity contribution is -0.146. The lowest BCUT2D eigenvalue weighted by atomic mass is 9.93. The molecule has 4 heteroatoms. The molecule has 0 aromatic carbocycles. The van der Waals surface area contributed by atoms with Crippen molar-refractivity contribution >= 4 is 11.8 Å². The fraction of sp³-hybridized carbons (Fsp3) is 0.833. The van der Waals surface area contributed by atoms with Crippen LogP contribution in [-0.4, -0.2) is 28.1 Å². The highest BCUT2D eigenvalue weighted by atomic mass is 16.4. The van der Waals surface area contributed by atoms with Crippen molar-refractivity contribution in [1.82, 2.24) is 0 Å². The van der Waals surface area contributed by atoms with E-state index in [0.29, 0.717) is 12.8 Å². The fourth-order valence-electron chi connectivity index (χ4n) is 3.41. The Morgan fingerprint density at radius 1 is 0.786 bits per heavy atom. The third-order valence-electron chi connectivity index (χ3n) is 5.29. The first kappa shape index (κ1) is 26.8. The first-order valence-corrected chi connectivity index (χ1v) is 11.6. The van der Waals surface area contributed by atoms with Crippen LogP contribution in [0.15, 0.2) is 12.2 Å². The SMILES string of the molecule is CCCCCC[C@@H](O)C/C=C\CCCCCCC(C(=O)O)C(=O)CCCCC. The van der Waals surface area contributed by atoms with E-state index in [1.165, 1.54) is 19.3 Å². The third-order valence-corrected chi connectivity index (χ3v) is 5.29. The first-order valence-electron chi connectivity index (χ1n) is 11.6. The zero-order valence-corrected chi connectivity index (χ0v) is 18.3. The molecule has 0 aliphatic rings. The maximum absolute atomic E-state index is 12.0. The number of carbonyl (C=O) groups is 2. The average molecular weight is 397 g/mol. The summed E-state index contributed by atoms with van der Waals surface area (Å²) in [6.07, 6.45) is 19.1. The number of unbranched alkanes of at least 4 members (excludes halogenated alkanes) is 9. The van der Waals surface area contributed by atoms with Crippen molar-refractivity contribution in [3.63, 3.8) is 0 Å². The molecule has 0 amide bonds. The summed E-state index contributed by atoms with van der Waals surface area (Å²) >= 11 is 0. The summed E-state index contributed by atoms with van der Waals surface area (Å²) in [6.45, 7) is 4.27. The van der Waals surface area contributed by atoms with Crippen LogP contribution in [0.2, 0.25) is 0 Å². The lowest BCUT2D eigenvalue weighted by Crippen LogP contribution is -2.23. The van der Waals surface area contributed by atoms with Crippen molar-refractivity contribution in [2.45, 2.75) is 123 Å². The number of hydrogen-bond acceptors (Lipinski definition) is 3. The Morgan fingerprint density at radius 2 is 1.39 bits per heavy atom. The molecule has 0 spiro atoms. The normalized spacial score (nSPS) is 13.7. The standard InChI is InChI=1S/C24H44O4/c1-3-5-7-14-17-21(25)18-15-11-9-8-10-12-16-19-22(24(27)28)23(26)20-13-6-4-2/h11,15,21-22,25H,3-10,12-14,16-20H2,1-2H3,(H,27,28)/b15-11-/t21-,22?/m1/s1. The largest absolute Gasteiger partial charge is 0.481 e. The van der Waals surface area contributed by atoms with Gasteiger partial charge in [0.1, 0.15) is 11.7 Å². The Hall–Kier alpha value is -1.16. The molecule has 0 aliphatic heterocycles. The molecule has 0 fully saturated rings. The van der Waals surface area contributed by atoms with Gasteiger partial charge in [-0.15, -0.1) is 0 Å². The van der Waals surface area contributed by atoms with Crippen LogP contribution in [0.4, 0.5) is 0 Å². The highest BCUT2D eigenvalue weighted by molar-refractivity contribution is 5.98. The second-order valence-corrected chi connectivity index (χ2v) is 8.02. The molecule has 0 heterocycles. The Balaban J connectivity index is 3.72. The number of aliphatic hydroxyl groups is 1. The lowest BCUT2D eigenvalue weighted by Gasteiger charge is -2.11. The molecule has 0 saturated heterocycles. The Kier molecular flexibility index (Phi) is 18.4. The van der Waals surface area contributed by atoms with Gasteiger partial charge >= 0.3 is 5.97 Å². The number of ketones is 1. The van der Waals surface area contributed by atoms with Crippen LogP contribution in [0.3, 0.4) is 0 Å². The topological polar surface area (TPSA) is 74.6 Å². The average Bonchev–Trinajstić information content (AvgIpc) is 2.66. The molecule has 2 atom stereocenters. The van der Waals surface area contributed by atoms with E-state index in [2.05, 4.69) is 26.0 Å². The molecule has 0 aromatic heterocycles. The molecule has 164 valence electrons. The molecule has 2 N–H and O–H groups in total. The molecule has 0 saturated carbocycles. The van der Waals surface area contributed by atoms with Crippen molar-refractivity contribution in [2.24, 2.45) is 5.92 Å². The van der Waals surface area contributed by atoms with Gasteiger partial charge in [0, 0.05) is 6.42 Å². The smallest absolute Gasteiger partial charge is 0.314 e. The van der Waals surface area contributed by atoms with Crippen molar-refractivity contribution in [3.05, 3.63) is 12.2 Å². The van der Waals surface area contributed by atoms with Gasteiger partial charge in [0.2, 0.25) is 0 Å². The summed E-state index contributed by atoms with van der Waals surface area (Å²) in [6, 6.07) is 0. The number of carboxylic acids is 1. The van der Waals surface area contributed by atoms with Crippen LogP contribution in [0.25, 0.3) is 0 Å². The Morgan fingerprint density at radius 3 is 2.07 bits per heavy atom. The van der Waals surface area contributed by atoms with Gasteiger partial charge in [0.25, 0.3) is 0 Å². The molecule has 0 radical (unpaired) electrons. The zero-order chi connectivity index (χ0) is 21.0. The van der Waals surface area contributed by atoms with Gasteiger partial charge in [-0.1, -0.05) is 83.8 Å². The van der Waals surface area contributed by atoms with Crippen molar-refractivity contribution in [1.29, 1.82) is 0 Å². The van der Waals surface area contributed by atoms with Crippen molar-refractivity contribution in [2.75, 3.05) is 0 Å². The molecule has 4 nitrogen and oxygen atoms in total. The number of aliphatic hydroxyl groups excluding tert-OH is 1. The van der Waals surface area contributed by atoms with Gasteiger partial charge in [-0.05, 0) is 38.5 Å². The Bertz CT molecular complexity index is 417. The van der Waals surface area contributed by atoms with Crippen LogP contribution >= 0.6 is 0 Å². The summed E-state index contributed by atoms with van der Waals surface area (Å²) in [5.41, 5.74) is 0. The van der Waals surface area contributed by atoms with E-state index in [-0.39, 0.29) is 11.9 Å². The second kappa shape index (κ2) is 19.2. The first-order chi connectivity index (χ1) is 13.5.